The summed E-state index contributed by atoms with van der Waals surface area (Å²) >= 11 is 0. The van der Waals surface area contributed by atoms with E-state index in [1.54, 1.807) is 0 Å². The van der Waals surface area contributed by atoms with Crippen LogP contribution in [-0.4, -0.2) is 56.7 Å². The van der Waals surface area contributed by atoms with Gasteiger partial charge in [0.25, 0.3) is 0 Å². The number of primary amides is 1. The molecule has 1 amide bonds. The first-order chi connectivity index (χ1) is 6.29. The second-order valence-electron chi connectivity index (χ2n) is 3.11. The fraction of sp³-hybridized carbons (Fsp3) is 0.875. The first-order valence-electron chi connectivity index (χ1n) is 4.58. The molecule has 0 bridgehead atoms. The molecule has 1 aliphatic heterocycles. The van der Waals surface area contributed by atoms with Gasteiger partial charge in [0.15, 0.2) is 0 Å². The number of carbonyl (C=O) groups excluding carboxylic acids is 1. The summed E-state index contributed by atoms with van der Waals surface area (Å²) in [7, 11) is 0. The molecule has 1 aliphatic rings. The molecule has 0 unspecified atom stereocenters. The van der Waals surface area contributed by atoms with Crippen molar-refractivity contribution in [1.29, 1.82) is 0 Å². The fourth-order valence-corrected chi connectivity index (χ4v) is 1.30. The van der Waals surface area contributed by atoms with Crippen LogP contribution < -0.4 is 11.1 Å². The van der Waals surface area contributed by atoms with E-state index in [9.17, 15) is 4.79 Å². The molecule has 3 N–H and O–H groups in total. The van der Waals surface area contributed by atoms with Gasteiger partial charge >= 0.3 is 0 Å². The number of hydrogen-bond donors (Lipinski definition) is 2. The number of ether oxygens (including phenoxy) is 1. The average molecular weight is 260 g/mol. The van der Waals surface area contributed by atoms with Gasteiger partial charge in [0.05, 0.1) is 6.61 Å². The topological polar surface area (TPSA) is 67.6 Å². The molecule has 0 aromatic carbocycles. The van der Waals surface area contributed by atoms with Gasteiger partial charge in [-0.3, -0.25) is 9.69 Å². The molecule has 7 heteroatoms. The molecule has 0 aliphatic carbocycles. The maximum absolute atomic E-state index is 10.3. The largest absolute Gasteiger partial charge is 0.370 e. The highest BCUT2D eigenvalue weighted by Crippen LogP contribution is 1.91. The Morgan fingerprint density at radius 3 is 2.47 bits per heavy atom. The van der Waals surface area contributed by atoms with Crippen LogP contribution in [0, 0.1) is 0 Å². The summed E-state index contributed by atoms with van der Waals surface area (Å²) in [5.41, 5.74) is 4.92. The molecule has 92 valence electrons. The normalized spacial score (nSPS) is 16.3. The third kappa shape index (κ3) is 8.89. The predicted molar refractivity (Wildman–Crippen MR) is 63.8 cm³/mol. The van der Waals surface area contributed by atoms with Gasteiger partial charge in [-0.2, -0.15) is 0 Å². The summed E-state index contributed by atoms with van der Waals surface area (Å²) in [6.07, 6.45) is 0. The number of nitrogens with one attached hydrogen (secondary N) is 1. The van der Waals surface area contributed by atoms with Gasteiger partial charge in [-0.1, -0.05) is 0 Å². The molecule has 0 aromatic heterocycles. The van der Waals surface area contributed by atoms with Crippen molar-refractivity contribution >= 4 is 30.7 Å². The first kappa shape index (κ1) is 17.3. The quantitative estimate of drug-likeness (QED) is 0.637. The third-order valence-electron chi connectivity index (χ3n) is 2.01. The minimum Gasteiger partial charge on any atom is -0.370 e. The highest BCUT2D eigenvalue weighted by molar-refractivity contribution is 5.85. The molecule has 0 saturated carbocycles. The van der Waals surface area contributed by atoms with Gasteiger partial charge in [0, 0.05) is 32.7 Å². The Morgan fingerprint density at radius 2 is 1.93 bits per heavy atom. The molecule has 15 heavy (non-hydrogen) atoms. The van der Waals surface area contributed by atoms with E-state index in [0.717, 1.165) is 32.7 Å². The van der Waals surface area contributed by atoms with Crippen LogP contribution in [0.5, 0.6) is 0 Å². The van der Waals surface area contributed by atoms with Crippen LogP contribution in [0.25, 0.3) is 0 Å². The van der Waals surface area contributed by atoms with Crippen LogP contribution >= 0.6 is 24.8 Å². The molecular weight excluding hydrogens is 241 g/mol. The van der Waals surface area contributed by atoms with Gasteiger partial charge in [-0.15, -0.1) is 24.8 Å². The maximum atomic E-state index is 10.3. The summed E-state index contributed by atoms with van der Waals surface area (Å²) in [6, 6.07) is 0. The van der Waals surface area contributed by atoms with Gasteiger partial charge in [-0.05, 0) is 0 Å². The monoisotopic (exact) mass is 259 g/mol. The van der Waals surface area contributed by atoms with Crippen molar-refractivity contribution in [2.45, 2.75) is 0 Å². The van der Waals surface area contributed by atoms with Crippen molar-refractivity contribution in [2.24, 2.45) is 5.73 Å². The lowest BCUT2D eigenvalue weighted by Crippen LogP contribution is -2.44. The van der Waals surface area contributed by atoms with Gasteiger partial charge in [0.1, 0.15) is 6.61 Å². The number of nitrogens with two attached hydrogens (primary N) is 1. The zero-order valence-electron chi connectivity index (χ0n) is 8.61. The fourth-order valence-electron chi connectivity index (χ4n) is 1.30. The van der Waals surface area contributed by atoms with Crippen molar-refractivity contribution in [3.05, 3.63) is 0 Å². The Balaban J connectivity index is 0. The molecule has 1 saturated heterocycles. The first-order valence-corrected chi connectivity index (χ1v) is 4.58. The van der Waals surface area contributed by atoms with E-state index in [0.29, 0.717) is 6.61 Å². The highest BCUT2D eigenvalue weighted by atomic mass is 35.5. The molecule has 1 rings (SSSR count). The molecule has 0 spiro atoms. The van der Waals surface area contributed by atoms with E-state index in [4.69, 9.17) is 10.5 Å². The second-order valence-corrected chi connectivity index (χ2v) is 3.11. The predicted octanol–water partition coefficient (Wildman–Crippen LogP) is -0.763. The summed E-state index contributed by atoms with van der Waals surface area (Å²) in [4.78, 5) is 12.6. The zero-order valence-corrected chi connectivity index (χ0v) is 10.2. The third-order valence-corrected chi connectivity index (χ3v) is 2.01. The molecule has 0 atom stereocenters. The summed E-state index contributed by atoms with van der Waals surface area (Å²) < 4.78 is 5.06. The van der Waals surface area contributed by atoms with Crippen molar-refractivity contribution in [3.63, 3.8) is 0 Å². The Labute approximate surface area is 103 Å². The van der Waals surface area contributed by atoms with Crippen molar-refractivity contribution in [3.8, 4) is 0 Å². The number of amides is 1. The van der Waals surface area contributed by atoms with Gasteiger partial charge in [0.2, 0.25) is 5.91 Å². The standard InChI is InChI=1S/C8H17N3O2.2ClH/c9-8(12)7-13-6-5-11-3-1-10-2-4-11;;/h10H,1-7H2,(H2,9,12);2*1H. The Morgan fingerprint density at radius 1 is 1.33 bits per heavy atom. The number of hydrogen-bond acceptors (Lipinski definition) is 4. The molecular formula is C8H19Cl2N3O2. The summed E-state index contributed by atoms with van der Waals surface area (Å²) in [6.45, 7) is 5.69. The molecule has 0 radical (unpaired) electrons. The van der Waals surface area contributed by atoms with Crippen LogP contribution in [0.1, 0.15) is 0 Å². The summed E-state index contributed by atoms with van der Waals surface area (Å²) in [5.74, 6) is -0.402. The van der Waals surface area contributed by atoms with Crippen LogP contribution in [-0.2, 0) is 9.53 Å². The van der Waals surface area contributed by atoms with Crippen LogP contribution in [0.3, 0.4) is 0 Å². The van der Waals surface area contributed by atoms with E-state index in [2.05, 4.69) is 10.2 Å². The minimum absolute atomic E-state index is 0. The Hall–Kier alpha value is -0.0700. The van der Waals surface area contributed by atoms with Crippen LogP contribution in [0.2, 0.25) is 0 Å². The smallest absolute Gasteiger partial charge is 0.243 e. The lowest BCUT2D eigenvalue weighted by Gasteiger charge is -2.26. The van der Waals surface area contributed by atoms with Crippen LogP contribution in [0.4, 0.5) is 0 Å². The van der Waals surface area contributed by atoms with Gasteiger partial charge < -0.3 is 15.8 Å². The maximum Gasteiger partial charge on any atom is 0.243 e. The SMILES string of the molecule is Cl.Cl.NC(=O)COCCN1CCNCC1. The Kier molecular flexibility index (Phi) is 12.1. The van der Waals surface area contributed by atoms with E-state index in [-0.39, 0.29) is 31.4 Å². The van der Waals surface area contributed by atoms with Crippen molar-refractivity contribution in [2.75, 3.05) is 45.9 Å². The highest BCUT2D eigenvalue weighted by Gasteiger charge is 2.08. The molecule has 1 fully saturated rings. The number of halogens is 2. The number of piperazine rings is 1. The van der Waals surface area contributed by atoms with Crippen LogP contribution in [0.15, 0.2) is 0 Å². The minimum atomic E-state index is -0.402. The summed E-state index contributed by atoms with van der Waals surface area (Å²) in [5, 5.41) is 3.27. The van der Waals surface area contributed by atoms with Crippen molar-refractivity contribution < 1.29 is 9.53 Å². The molecule has 5 nitrogen and oxygen atoms in total. The molecule has 1 heterocycles. The van der Waals surface area contributed by atoms with E-state index in [1.807, 2.05) is 0 Å². The number of carbonyl (C=O) groups is 1. The lowest BCUT2D eigenvalue weighted by atomic mass is 10.4. The second kappa shape index (κ2) is 10.4. The van der Waals surface area contributed by atoms with E-state index >= 15 is 0 Å². The average Bonchev–Trinajstić information content (AvgIpc) is 2.14. The number of rotatable bonds is 5. The van der Waals surface area contributed by atoms with Crippen molar-refractivity contribution in [1.82, 2.24) is 10.2 Å². The van der Waals surface area contributed by atoms with Gasteiger partial charge in [-0.25, -0.2) is 0 Å². The number of nitrogens with zero attached hydrogens (tertiary/aromatic N) is 1. The Bertz CT molecular complexity index is 166. The zero-order chi connectivity index (χ0) is 9.52. The van der Waals surface area contributed by atoms with E-state index < -0.39 is 5.91 Å². The van der Waals surface area contributed by atoms with E-state index in [1.165, 1.54) is 0 Å². The lowest BCUT2D eigenvalue weighted by molar-refractivity contribution is -0.122. The molecule has 0 aromatic rings.